The van der Waals surface area contributed by atoms with E-state index in [9.17, 15) is 9.59 Å². The minimum Gasteiger partial charge on any atom is -0.465 e. The molecule has 1 aromatic rings. The molecule has 0 radical (unpaired) electrons. The van der Waals surface area contributed by atoms with Crippen LogP contribution >= 0.6 is 0 Å². The van der Waals surface area contributed by atoms with Crippen LogP contribution in [0.5, 0.6) is 0 Å². The van der Waals surface area contributed by atoms with Crippen LogP contribution in [0.2, 0.25) is 0 Å². The third-order valence-corrected chi connectivity index (χ3v) is 3.84. The number of pyridine rings is 1. The summed E-state index contributed by atoms with van der Waals surface area (Å²) in [6.07, 6.45) is 1.87. The van der Waals surface area contributed by atoms with Crippen LogP contribution in [-0.2, 0) is 9.53 Å². The van der Waals surface area contributed by atoms with Gasteiger partial charge in [0, 0.05) is 18.0 Å². The minimum absolute atomic E-state index is 0.00471. The van der Waals surface area contributed by atoms with Crippen molar-refractivity contribution in [3.63, 3.8) is 0 Å². The SMILES string of the molecule is COC(=O)c1ccc(NC(=O)C2CC2)nc1N(C(C)C)C(C)C. The van der Waals surface area contributed by atoms with Crippen LogP contribution in [0, 0.1) is 5.92 Å². The molecule has 0 unspecified atom stereocenters. The molecule has 1 fully saturated rings. The molecule has 0 aromatic carbocycles. The Morgan fingerprint density at radius 3 is 2.30 bits per heavy atom. The second-order valence-electron chi connectivity index (χ2n) is 6.42. The molecular weight excluding hydrogens is 294 g/mol. The van der Waals surface area contributed by atoms with E-state index < -0.39 is 5.97 Å². The Kier molecular flexibility index (Phi) is 5.23. The normalized spacial score (nSPS) is 14.0. The number of amides is 1. The van der Waals surface area contributed by atoms with Crippen LogP contribution in [0.15, 0.2) is 12.1 Å². The molecular formula is C17H25N3O3. The molecule has 0 spiro atoms. The van der Waals surface area contributed by atoms with Crippen LogP contribution in [0.1, 0.15) is 50.9 Å². The highest BCUT2D eigenvalue weighted by atomic mass is 16.5. The Balaban J connectivity index is 2.40. The first kappa shape index (κ1) is 17.2. The number of esters is 1. The van der Waals surface area contributed by atoms with Gasteiger partial charge in [-0.2, -0.15) is 0 Å². The Bertz CT molecular complexity index is 587. The van der Waals surface area contributed by atoms with Crippen LogP contribution in [-0.4, -0.2) is 36.1 Å². The number of carbonyl (C=O) groups is 2. The molecule has 1 N–H and O–H groups in total. The highest BCUT2D eigenvalue weighted by Crippen LogP contribution is 2.31. The van der Waals surface area contributed by atoms with E-state index in [2.05, 4.69) is 10.3 Å². The molecule has 6 nitrogen and oxygen atoms in total. The Morgan fingerprint density at radius 1 is 1.22 bits per heavy atom. The van der Waals surface area contributed by atoms with Crippen molar-refractivity contribution in [2.75, 3.05) is 17.3 Å². The maximum absolute atomic E-state index is 12.1. The summed E-state index contributed by atoms with van der Waals surface area (Å²) in [5.74, 6) is 0.673. The van der Waals surface area contributed by atoms with E-state index in [0.717, 1.165) is 12.8 Å². The van der Waals surface area contributed by atoms with Crippen molar-refractivity contribution >= 4 is 23.5 Å². The fourth-order valence-corrected chi connectivity index (χ4v) is 2.64. The number of anilines is 2. The summed E-state index contributed by atoms with van der Waals surface area (Å²) in [5, 5.41) is 2.83. The Hall–Kier alpha value is -2.11. The molecule has 1 aliphatic carbocycles. The van der Waals surface area contributed by atoms with Gasteiger partial charge in [0.2, 0.25) is 5.91 Å². The second-order valence-corrected chi connectivity index (χ2v) is 6.42. The van der Waals surface area contributed by atoms with Crippen LogP contribution in [0.25, 0.3) is 0 Å². The number of hydrogen-bond acceptors (Lipinski definition) is 5. The lowest BCUT2D eigenvalue weighted by atomic mass is 10.1. The fourth-order valence-electron chi connectivity index (χ4n) is 2.64. The average Bonchev–Trinajstić information content (AvgIpc) is 3.30. The van der Waals surface area contributed by atoms with Crippen molar-refractivity contribution in [2.45, 2.75) is 52.6 Å². The quantitative estimate of drug-likeness (QED) is 0.816. The number of nitrogens with one attached hydrogen (secondary N) is 1. The summed E-state index contributed by atoms with van der Waals surface area (Å²) in [6.45, 7) is 8.16. The molecule has 0 atom stereocenters. The summed E-state index contributed by atoms with van der Waals surface area (Å²) in [7, 11) is 1.35. The molecule has 6 heteroatoms. The summed E-state index contributed by atoms with van der Waals surface area (Å²) >= 11 is 0. The highest BCUT2D eigenvalue weighted by Gasteiger charge is 2.30. The first-order valence-electron chi connectivity index (χ1n) is 8.03. The lowest BCUT2D eigenvalue weighted by Gasteiger charge is -2.33. The molecule has 23 heavy (non-hydrogen) atoms. The van der Waals surface area contributed by atoms with E-state index in [0.29, 0.717) is 17.2 Å². The van der Waals surface area contributed by atoms with Crippen molar-refractivity contribution in [3.8, 4) is 0 Å². The van der Waals surface area contributed by atoms with Crippen molar-refractivity contribution in [1.82, 2.24) is 4.98 Å². The van der Waals surface area contributed by atoms with Crippen molar-refractivity contribution < 1.29 is 14.3 Å². The molecule has 2 rings (SSSR count). The number of ether oxygens (including phenoxy) is 1. The third kappa shape index (κ3) is 4.00. The van der Waals surface area contributed by atoms with Crippen molar-refractivity contribution in [3.05, 3.63) is 17.7 Å². The smallest absolute Gasteiger partial charge is 0.341 e. The van der Waals surface area contributed by atoms with Crippen molar-refractivity contribution in [1.29, 1.82) is 0 Å². The van der Waals surface area contributed by atoms with Gasteiger partial charge in [-0.25, -0.2) is 9.78 Å². The van der Waals surface area contributed by atoms with Gasteiger partial charge in [0.25, 0.3) is 0 Å². The standard InChI is InChI=1S/C17H25N3O3/c1-10(2)20(11(3)4)15-13(17(22)23-5)8-9-14(18-15)19-16(21)12-6-7-12/h8-12H,6-7H2,1-5H3,(H,18,19,21). The number of rotatable bonds is 6. The van der Waals surface area contributed by atoms with E-state index in [1.165, 1.54) is 7.11 Å². The van der Waals surface area contributed by atoms with E-state index in [1.54, 1.807) is 12.1 Å². The lowest BCUT2D eigenvalue weighted by molar-refractivity contribution is -0.117. The Labute approximate surface area is 137 Å². The van der Waals surface area contributed by atoms with Crippen LogP contribution < -0.4 is 10.2 Å². The van der Waals surface area contributed by atoms with Gasteiger partial charge in [-0.05, 0) is 52.7 Å². The molecule has 0 bridgehead atoms. The average molecular weight is 319 g/mol. The molecule has 0 saturated heterocycles. The zero-order chi connectivity index (χ0) is 17.1. The number of hydrogen-bond donors (Lipinski definition) is 1. The van der Waals surface area contributed by atoms with Gasteiger partial charge in [0.15, 0.2) is 0 Å². The van der Waals surface area contributed by atoms with E-state index >= 15 is 0 Å². The molecule has 0 aliphatic heterocycles. The first-order valence-corrected chi connectivity index (χ1v) is 8.03. The van der Waals surface area contributed by atoms with E-state index in [-0.39, 0.29) is 23.9 Å². The predicted molar refractivity (Wildman–Crippen MR) is 89.7 cm³/mol. The number of methoxy groups -OCH3 is 1. The van der Waals surface area contributed by atoms with Gasteiger partial charge in [0.05, 0.1) is 7.11 Å². The fraction of sp³-hybridized carbons (Fsp3) is 0.588. The summed E-state index contributed by atoms with van der Waals surface area (Å²) in [4.78, 5) is 30.6. The molecule has 1 saturated carbocycles. The lowest BCUT2D eigenvalue weighted by Crippen LogP contribution is -2.39. The molecule has 1 aromatic heterocycles. The maximum atomic E-state index is 12.1. The van der Waals surface area contributed by atoms with E-state index in [4.69, 9.17) is 4.74 Å². The van der Waals surface area contributed by atoms with Gasteiger partial charge < -0.3 is 15.0 Å². The molecule has 1 aliphatic rings. The zero-order valence-corrected chi connectivity index (χ0v) is 14.4. The first-order chi connectivity index (χ1) is 10.8. The number of nitrogens with zero attached hydrogens (tertiary/aromatic N) is 2. The number of carbonyl (C=O) groups excluding carboxylic acids is 2. The highest BCUT2D eigenvalue weighted by molar-refractivity contribution is 5.97. The van der Waals surface area contributed by atoms with Gasteiger partial charge in [0.1, 0.15) is 17.2 Å². The van der Waals surface area contributed by atoms with Gasteiger partial charge in [-0.1, -0.05) is 0 Å². The zero-order valence-electron chi connectivity index (χ0n) is 14.4. The summed E-state index contributed by atoms with van der Waals surface area (Å²) in [6, 6.07) is 3.61. The minimum atomic E-state index is -0.432. The largest absolute Gasteiger partial charge is 0.465 e. The van der Waals surface area contributed by atoms with Gasteiger partial charge in [-0.15, -0.1) is 0 Å². The predicted octanol–water partition coefficient (Wildman–Crippen LogP) is 2.84. The van der Waals surface area contributed by atoms with Gasteiger partial charge in [-0.3, -0.25) is 4.79 Å². The summed E-state index contributed by atoms with van der Waals surface area (Å²) < 4.78 is 4.86. The monoisotopic (exact) mass is 319 g/mol. The van der Waals surface area contributed by atoms with Crippen LogP contribution in [0.3, 0.4) is 0 Å². The van der Waals surface area contributed by atoms with Gasteiger partial charge >= 0.3 is 5.97 Å². The topological polar surface area (TPSA) is 71.5 Å². The number of aromatic nitrogens is 1. The maximum Gasteiger partial charge on any atom is 0.341 e. The second kappa shape index (κ2) is 6.98. The Morgan fingerprint density at radius 2 is 1.83 bits per heavy atom. The third-order valence-electron chi connectivity index (χ3n) is 3.84. The van der Waals surface area contributed by atoms with Crippen molar-refractivity contribution in [2.24, 2.45) is 5.92 Å². The molecule has 1 heterocycles. The van der Waals surface area contributed by atoms with E-state index in [1.807, 2.05) is 32.6 Å². The summed E-state index contributed by atoms with van der Waals surface area (Å²) in [5.41, 5.74) is 0.402. The van der Waals surface area contributed by atoms with Crippen LogP contribution in [0.4, 0.5) is 11.6 Å². The molecule has 1 amide bonds. The molecule has 126 valence electrons.